The highest BCUT2D eigenvalue weighted by atomic mass is 127. The normalized spacial score (nSPS) is 10.4. The number of amides is 1. The van der Waals surface area contributed by atoms with Crippen LogP contribution in [-0.2, 0) is 0 Å². The van der Waals surface area contributed by atoms with E-state index in [1.54, 1.807) is 6.07 Å². The SMILES string of the molecule is O=C(Nc1cc(F)cc(F)c1F)c1ccc(I)c(Cl)c1. The number of carbonyl (C=O) groups excluding carboxylic acids is 1. The number of benzene rings is 2. The molecule has 0 saturated heterocycles. The van der Waals surface area contributed by atoms with Crippen molar-refractivity contribution in [3.63, 3.8) is 0 Å². The van der Waals surface area contributed by atoms with Crippen LogP contribution < -0.4 is 5.32 Å². The van der Waals surface area contributed by atoms with Gasteiger partial charge in [-0.15, -0.1) is 0 Å². The summed E-state index contributed by atoms with van der Waals surface area (Å²) in [5.74, 6) is -4.40. The Bertz CT molecular complexity index is 694. The van der Waals surface area contributed by atoms with Crippen LogP contribution in [0.4, 0.5) is 18.9 Å². The molecule has 2 aromatic rings. The van der Waals surface area contributed by atoms with Gasteiger partial charge >= 0.3 is 0 Å². The van der Waals surface area contributed by atoms with E-state index in [4.69, 9.17) is 11.6 Å². The first-order chi connectivity index (χ1) is 9.38. The molecular weight excluding hydrogens is 406 g/mol. The lowest BCUT2D eigenvalue weighted by atomic mass is 10.2. The predicted molar refractivity (Wildman–Crippen MR) is 78.4 cm³/mol. The van der Waals surface area contributed by atoms with Crippen molar-refractivity contribution in [1.82, 2.24) is 0 Å². The molecule has 0 fully saturated rings. The van der Waals surface area contributed by atoms with Gasteiger partial charge in [-0.05, 0) is 40.8 Å². The Morgan fingerprint density at radius 1 is 1.15 bits per heavy atom. The van der Waals surface area contributed by atoms with Crippen LogP contribution in [0.25, 0.3) is 0 Å². The molecule has 0 aromatic heterocycles. The summed E-state index contributed by atoms with van der Waals surface area (Å²) in [6.07, 6.45) is 0. The molecule has 0 bridgehead atoms. The number of carbonyl (C=O) groups is 1. The van der Waals surface area contributed by atoms with Gasteiger partial charge < -0.3 is 5.32 Å². The molecule has 1 N–H and O–H groups in total. The summed E-state index contributed by atoms with van der Waals surface area (Å²) in [5.41, 5.74) is -0.415. The standard InChI is InChI=1S/C13H6ClF3INO/c14-8-3-6(1-2-10(8)18)13(20)19-11-5-7(15)4-9(16)12(11)17/h1-5H,(H,19,20). The highest BCUT2D eigenvalue weighted by Gasteiger charge is 2.15. The number of halogens is 5. The largest absolute Gasteiger partial charge is 0.319 e. The van der Waals surface area contributed by atoms with E-state index in [2.05, 4.69) is 5.32 Å². The van der Waals surface area contributed by atoms with E-state index >= 15 is 0 Å². The zero-order chi connectivity index (χ0) is 14.9. The molecule has 0 aliphatic rings. The van der Waals surface area contributed by atoms with Crippen LogP contribution in [0.5, 0.6) is 0 Å². The van der Waals surface area contributed by atoms with Crippen molar-refractivity contribution in [2.75, 3.05) is 5.32 Å². The van der Waals surface area contributed by atoms with Crippen molar-refractivity contribution in [2.45, 2.75) is 0 Å². The van der Waals surface area contributed by atoms with Gasteiger partial charge in [-0.2, -0.15) is 0 Å². The minimum Gasteiger partial charge on any atom is -0.319 e. The predicted octanol–water partition coefficient (Wildman–Crippen LogP) is 4.61. The molecule has 2 aromatic carbocycles. The first kappa shape index (κ1) is 15.1. The Kier molecular flexibility index (Phi) is 4.54. The summed E-state index contributed by atoms with van der Waals surface area (Å²) in [6.45, 7) is 0. The van der Waals surface area contributed by atoms with E-state index in [1.807, 2.05) is 22.6 Å². The molecule has 7 heteroatoms. The monoisotopic (exact) mass is 411 g/mol. The topological polar surface area (TPSA) is 29.1 Å². The average molecular weight is 412 g/mol. The van der Waals surface area contributed by atoms with Crippen LogP contribution in [0.3, 0.4) is 0 Å². The molecular formula is C13H6ClF3INO. The summed E-state index contributed by atoms with van der Waals surface area (Å²) in [4.78, 5) is 11.9. The fourth-order valence-electron chi connectivity index (χ4n) is 1.48. The van der Waals surface area contributed by atoms with Crippen molar-refractivity contribution < 1.29 is 18.0 Å². The van der Waals surface area contributed by atoms with E-state index < -0.39 is 29.0 Å². The molecule has 1 amide bonds. The van der Waals surface area contributed by atoms with E-state index in [1.165, 1.54) is 12.1 Å². The van der Waals surface area contributed by atoms with Crippen LogP contribution in [-0.4, -0.2) is 5.91 Å². The second-order valence-electron chi connectivity index (χ2n) is 3.83. The molecule has 0 aliphatic carbocycles. The number of rotatable bonds is 2. The van der Waals surface area contributed by atoms with Gasteiger partial charge in [0.15, 0.2) is 11.6 Å². The molecule has 0 heterocycles. The molecule has 20 heavy (non-hydrogen) atoms. The van der Waals surface area contributed by atoms with Crippen LogP contribution in [0.2, 0.25) is 5.02 Å². The average Bonchev–Trinajstić information content (AvgIpc) is 2.38. The van der Waals surface area contributed by atoms with E-state index in [-0.39, 0.29) is 5.56 Å². The first-order valence-corrected chi connectivity index (χ1v) is 6.75. The summed E-state index contributed by atoms with van der Waals surface area (Å²) in [7, 11) is 0. The van der Waals surface area contributed by atoms with E-state index in [0.29, 0.717) is 17.2 Å². The molecule has 0 unspecified atom stereocenters. The van der Waals surface area contributed by atoms with Gasteiger partial charge in [0.2, 0.25) is 0 Å². The molecule has 2 rings (SSSR count). The number of hydrogen-bond donors (Lipinski definition) is 1. The molecule has 2 nitrogen and oxygen atoms in total. The number of nitrogens with one attached hydrogen (secondary N) is 1. The lowest BCUT2D eigenvalue weighted by molar-refractivity contribution is 0.102. The van der Waals surface area contributed by atoms with Crippen LogP contribution >= 0.6 is 34.2 Å². The van der Waals surface area contributed by atoms with Crippen LogP contribution in [0, 0.1) is 21.0 Å². The summed E-state index contributed by atoms with van der Waals surface area (Å²) in [5, 5.41) is 2.45. The van der Waals surface area contributed by atoms with Crippen molar-refractivity contribution in [2.24, 2.45) is 0 Å². The number of hydrogen-bond acceptors (Lipinski definition) is 1. The van der Waals surface area contributed by atoms with Gasteiger partial charge in [-0.1, -0.05) is 11.6 Å². The molecule has 0 saturated carbocycles. The molecule has 104 valence electrons. The minimum atomic E-state index is -1.37. The fraction of sp³-hybridized carbons (Fsp3) is 0. The van der Waals surface area contributed by atoms with Crippen molar-refractivity contribution in [3.05, 3.63) is 61.9 Å². The zero-order valence-electron chi connectivity index (χ0n) is 9.68. The highest BCUT2D eigenvalue weighted by molar-refractivity contribution is 14.1. The molecule has 0 spiro atoms. The first-order valence-electron chi connectivity index (χ1n) is 5.29. The third-order valence-electron chi connectivity index (χ3n) is 2.42. The lowest BCUT2D eigenvalue weighted by Gasteiger charge is -2.08. The van der Waals surface area contributed by atoms with Crippen molar-refractivity contribution >= 4 is 45.8 Å². The van der Waals surface area contributed by atoms with Gasteiger partial charge in [-0.3, -0.25) is 4.79 Å². The second kappa shape index (κ2) is 6.01. The van der Waals surface area contributed by atoms with Gasteiger partial charge in [0.25, 0.3) is 5.91 Å². The van der Waals surface area contributed by atoms with E-state index in [0.717, 1.165) is 3.57 Å². The smallest absolute Gasteiger partial charge is 0.255 e. The number of anilines is 1. The summed E-state index contributed by atoms with van der Waals surface area (Å²) >= 11 is 7.84. The van der Waals surface area contributed by atoms with Crippen molar-refractivity contribution in [1.29, 1.82) is 0 Å². The quantitative estimate of drug-likeness (QED) is 0.567. The Hall–Kier alpha value is -1.28. The minimum absolute atomic E-state index is 0.152. The Balaban J connectivity index is 2.30. The van der Waals surface area contributed by atoms with Crippen LogP contribution in [0.15, 0.2) is 30.3 Å². The Labute approximate surface area is 131 Å². The van der Waals surface area contributed by atoms with Crippen LogP contribution in [0.1, 0.15) is 10.4 Å². The summed E-state index contributed by atoms with van der Waals surface area (Å²) in [6, 6.07) is 5.54. The Morgan fingerprint density at radius 2 is 1.85 bits per heavy atom. The third kappa shape index (κ3) is 3.24. The second-order valence-corrected chi connectivity index (χ2v) is 5.40. The van der Waals surface area contributed by atoms with Gasteiger partial charge in [-0.25, -0.2) is 13.2 Å². The van der Waals surface area contributed by atoms with Crippen molar-refractivity contribution in [3.8, 4) is 0 Å². The maximum atomic E-state index is 13.4. The molecule has 0 atom stereocenters. The Morgan fingerprint density at radius 3 is 2.50 bits per heavy atom. The molecule has 0 radical (unpaired) electrons. The summed E-state index contributed by atoms with van der Waals surface area (Å²) < 4.78 is 40.2. The lowest BCUT2D eigenvalue weighted by Crippen LogP contribution is -2.14. The molecule has 0 aliphatic heterocycles. The maximum absolute atomic E-state index is 13.4. The third-order valence-corrected chi connectivity index (χ3v) is 4.00. The fourth-order valence-corrected chi connectivity index (χ4v) is 1.99. The highest BCUT2D eigenvalue weighted by Crippen LogP contribution is 2.22. The maximum Gasteiger partial charge on any atom is 0.255 e. The van der Waals surface area contributed by atoms with Gasteiger partial charge in [0.1, 0.15) is 5.82 Å². The zero-order valence-corrected chi connectivity index (χ0v) is 12.6. The van der Waals surface area contributed by atoms with Gasteiger partial charge in [0, 0.05) is 21.3 Å². The van der Waals surface area contributed by atoms with Gasteiger partial charge in [0.05, 0.1) is 10.7 Å². The van der Waals surface area contributed by atoms with E-state index in [9.17, 15) is 18.0 Å².